The molecule has 3 rings (SSSR count). The van der Waals surface area contributed by atoms with Crippen molar-refractivity contribution in [2.45, 2.75) is 94.4 Å². The summed E-state index contributed by atoms with van der Waals surface area (Å²) in [4.78, 5) is 2.61. The van der Waals surface area contributed by atoms with Crippen LogP contribution in [0.5, 0.6) is 0 Å². The van der Waals surface area contributed by atoms with Crippen LogP contribution in [0.4, 0.5) is 0 Å². The maximum atomic E-state index is 10.8. The first-order valence-corrected chi connectivity index (χ1v) is 8.84. The van der Waals surface area contributed by atoms with Crippen molar-refractivity contribution < 1.29 is 5.11 Å². The molecule has 2 unspecified atom stereocenters. The third kappa shape index (κ3) is 3.37. The van der Waals surface area contributed by atoms with Crippen LogP contribution in [-0.2, 0) is 0 Å². The molecule has 20 heavy (non-hydrogen) atoms. The first kappa shape index (κ1) is 14.8. The van der Waals surface area contributed by atoms with Crippen LogP contribution in [0, 0.1) is 0 Å². The molecule has 2 heterocycles. The van der Waals surface area contributed by atoms with Gasteiger partial charge in [-0.1, -0.05) is 32.1 Å². The fourth-order valence-corrected chi connectivity index (χ4v) is 4.68. The van der Waals surface area contributed by atoms with Gasteiger partial charge in [0.15, 0.2) is 0 Å². The molecule has 1 aliphatic carbocycles. The van der Waals surface area contributed by atoms with Crippen LogP contribution in [0.1, 0.15) is 70.6 Å². The Morgan fingerprint density at radius 1 is 1.00 bits per heavy atom. The summed E-state index contributed by atoms with van der Waals surface area (Å²) in [5.41, 5.74) is -0.422. The van der Waals surface area contributed by atoms with E-state index in [1.54, 1.807) is 0 Å². The van der Waals surface area contributed by atoms with Gasteiger partial charge < -0.3 is 15.3 Å². The molecule has 2 saturated heterocycles. The van der Waals surface area contributed by atoms with Crippen LogP contribution >= 0.6 is 0 Å². The molecule has 0 spiro atoms. The number of nitrogens with zero attached hydrogens (tertiary/aromatic N) is 1. The zero-order valence-corrected chi connectivity index (χ0v) is 13.1. The van der Waals surface area contributed by atoms with E-state index in [1.807, 2.05) is 0 Å². The van der Waals surface area contributed by atoms with Crippen molar-refractivity contribution in [1.29, 1.82) is 0 Å². The third-order valence-electron chi connectivity index (χ3n) is 6.09. The fraction of sp³-hybridized carbons (Fsp3) is 1.00. The van der Waals surface area contributed by atoms with E-state index >= 15 is 0 Å². The molecule has 2 bridgehead atoms. The lowest BCUT2D eigenvalue weighted by molar-refractivity contribution is 0.00855. The lowest BCUT2D eigenvalue weighted by atomic mass is 9.82. The van der Waals surface area contributed by atoms with Gasteiger partial charge in [0, 0.05) is 24.7 Å². The zero-order chi connectivity index (χ0) is 14.0. The molecule has 2 aliphatic heterocycles. The summed E-state index contributed by atoms with van der Waals surface area (Å²) in [6.45, 7) is 0.820. The summed E-state index contributed by atoms with van der Waals surface area (Å²) < 4.78 is 0. The standard InChI is InChI=1S/C17H32N2O/c1-19-15-7-6-8-16(19)12-14(11-15)18-13-17(20)9-4-2-3-5-10-17/h14-16,18,20H,2-13H2,1H3. The molecule has 3 fully saturated rings. The number of nitrogens with one attached hydrogen (secondary N) is 1. The van der Waals surface area contributed by atoms with Gasteiger partial charge in [-0.25, -0.2) is 0 Å². The minimum atomic E-state index is -0.422. The third-order valence-corrected chi connectivity index (χ3v) is 6.09. The number of hydrogen-bond acceptors (Lipinski definition) is 3. The molecule has 3 nitrogen and oxygen atoms in total. The molecule has 116 valence electrons. The Kier molecular flexibility index (Phi) is 4.68. The molecular weight excluding hydrogens is 248 g/mol. The van der Waals surface area contributed by atoms with Gasteiger partial charge >= 0.3 is 0 Å². The molecule has 0 aromatic carbocycles. The van der Waals surface area contributed by atoms with Crippen LogP contribution in [0.15, 0.2) is 0 Å². The molecule has 0 aromatic heterocycles. The van der Waals surface area contributed by atoms with E-state index in [-0.39, 0.29) is 0 Å². The number of aliphatic hydroxyl groups is 1. The van der Waals surface area contributed by atoms with Crippen LogP contribution in [0.2, 0.25) is 0 Å². The summed E-state index contributed by atoms with van der Waals surface area (Å²) in [6, 6.07) is 2.20. The summed E-state index contributed by atoms with van der Waals surface area (Å²) in [5, 5.41) is 14.5. The summed E-state index contributed by atoms with van der Waals surface area (Å²) >= 11 is 0. The topological polar surface area (TPSA) is 35.5 Å². The van der Waals surface area contributed by atoms with E-state index in [9.17, 15) is 5.11 Å². The molecule has 2 atom stereocenters. The van der Waals surface area contributed by atoms with Crippen LogP contribution in [0.3, 0.4) is 0 Å². The Morgan fingerprint density at radius 2 is 1.60 bits per heavy atom. The quantitative estimate of drug-likeness (QED) is 0.780. The van der Waals surface area contributed by atoms with E-state index in [0.29, 0.717) is 6.04 Å². The number of hydrogen-bond donors (Lipinski definition) is 2. The second-order valence-electron chi connectivity index (χ2n) is 7.59. The Bertz CT molecular complexity index is 298. The van der Waals surface area contributed by atoms with Crippen molar-refractivity contribution in [3.63, 3.8) is 0 Å². The number of fused-ring (bicyclic) bond motifs is 2. The van der Waals surface area contributed by atoms with Crippen LogP contribution in [0.25, 0.3) is 0 Å². The maximum Gasteiger partial charge on any atom is 0.0771 e. The summed E-state index contributed by atoms with van der Waals surface area (Å²) in [7, 11) is 2.31. The van der Waals surface area contributed by atoms with Crippen molar-refractivity contribution in [2.75, 3.05) is 13.6 Å². The molecule has 3 heteroatoms. The molecule has 0 radical (unpaired) electrons. The highest BCUT2D eigenvalue weighted by molar-refractivity contribution is 4.95. The lowest BCUT2D eigenvalue weighted by Crippen LogP contribution is -2.56. The van der Waals surface area contributed by atoms with Gasteiger partial charge in [0.2, 0.25) is 0 Å². The average Bonchev–Trinajstić information content (AvgIpc) is 2.62. The number of rotatable bonds is 3. The second kappa shape index (κ2) is 6.33. The van der Waals surface area contributed by atoms with Gasteiger partial charge in [0.05, 0.1) is 5.60 Å². The molecule has 1 saturated carbocycles. The highest BCUT2D eigenvalue weighted by Crippen LogP contribution is 2.33. The predicted molar refractivity (Wildman–Crippen MR) is 82.9 cm³/mol. The summed E-state index contributed by atoms with van der Waals surface area (Å²) in [5.74, 6) is 0. The normalized spacial score (nSPS) is 38.4. The van der Waals surface area contributed by atoms with Gasteiger partial charge in [-0.15, -0.1) is 0 Å². The van der Waals surface area contributed by atoms with Gasteiger partial charge in [-0.05, 0) is 45.6 Å². The first-order valence-electron chi connectivity index (χ1n) is 8.84. The Balaban J connectivity index is 1.51. The predicted octanol–water partition coefficient (Wildman–Crippen LogP) is 2.68. The molecule has 0 aromatic rings. The van der Waals surface area contributed by atoms with Crippen molar-refractivity contribution in [2.24, 2.45) is 0 Å². The van der Waals surface area contributed by atoms with Crippen LogP contribution in [-0.4, -0.2) is 47.3 Å². The van der Waals surface area contributed by atoms with E-state index in [2.05, 4.69) is 17.3 Å². The minimum absolute atomic E-state index is 0.422. The SMILES string of the molecule is CN1C2CCCC1CC(NCC1(O)CCCCCC1)C2. The van der Waals surface area contributed by atoms with E-state index in [0.717, 1.165) is 31.5 Å². The van der Waals surface area contributed by atoms with Crippen molar-refractivity contribution in [3.8, 4) is 0 Å². The van der Waals surface area contributed by atoms with Gasteiger partial charge in [0.25, 0.3) is 0 Å². The van der Waals surface area contributed by atoms with Crippen molar-refractivity contribution >= 4 is 0 Å². The number of piperidine rings is 2. The first-order chi connectivity index (χ1) is 9.66. The van der Waals surface area contributed by atoms with Gasteiger partial charge in [-0.2, -0.15) is 0 Å². The highest BCUT2D eigenvalue weighted by Gasteiger charge is 2.37. The van der Waals surface area contributed by atoms with E-state index in [4.69, 9.17) is 0 Å². The molecule has 2 N–H and O–H groups in total. The van der Waals surface area contributed by atoms with E-state index in [1.165, 1.54) is 57.8 Å². The highest BCUT2D eigenvalue weighted by atomic mass is 16.3. The van der Waals surface area contributed by atoms with Gasteiger partial charge in [0.1, 0.15) is 0 Å². The second-order valence-corrected chi connectivity index (χ2v) is 7.59. The smallest absolute Gasteiger partial charge is 0.0771 e. The van der Waals surface area contributed by atoms with Gasteiger partial charge in [-0.3, -0.25) is 0 Å². The Morgan fingerprint density at radius 3 is 2.20 bits per heavy atom. The fourth-order valence-electron chi connectivity index (χ4n) is 4.68. The van der Waals surface area contributed by atoms with Crippen molar-refractivity contribution in [3.05, 3.63) is 0 Å². The van der Waals surface area contributed by atoms with Crippen molar-refractivity contribution in [1.82, 2.24) is 10.2 Å². The zero-order valence-electron chi connectivity index (χ0n) is 13.1. The monoisotopic (exact) mass is 280 g/mol. The molecule has 0 amide bonds. The maximum absolute atomic E-state index is 10.8. The minimum Gasteiger partial charge on any atom is -0.389 e. The summed E-state index contributed by atoms with van der Waals surface area (Å²) in [6.07, 6.45) is 13.7. The largest absolute Gasteiger partial charge is 0.389 e. The Hall–Kier alpha value is -0.120. The average molecular weight is 280 g/mol. The lowest BCUT2D eigenvalue weighted by Gasteiger charge is -2.47. The Labute approximate surface area is 124 Å². The molecular formula is C17H32N2O. The van der Waals surface area contributed by atoms with Crippen LogP contribution < -0.4 is 5.32 Å². The molecule has 3 aliphatic rings. The van der Waals surface area contributed by atoms with E-state index < -0.39 is 5.60 Å².